The van der Waals surface area contributed by atoms with Crippen LogP contribution in [0.2, 0.25) is 0 Å². The average Bonchev–Trinajstić information content (AvgIpc) is 2.18. The van der Waals surface area contributed by atoms with E-state index in [2.05, 4.69) is 68.8 Å². The summed E-state index contributed by atoms with van der Waals surface area (Å²) in [5, 5.41) is 3.25. The summed E-state index contributed by atoms with van der Waals surface area (Å²) < 4.78 is 2.25. The molecular weight excluding hydrogens is 353 g/mol. The lowest BCUT2D eigenvalue weighted by atomic mass is 10.1. The Morgan fingerprint density at radius 1 is 1.64 bits per heavy atom. The smallest absolute Gasteiger partial charge is 0.0953 e. The van der Waals surface area contributed by atoms with Crippen LogP contribution in [0.3, 0.4) is 0 Å². The molecule has 1 N–H and O–H groups in total. The summed E-state index contributed by atoms with van der Waals surface area (Å²) in [7, 11) is 0. The van der Waals surface area contributed by atoms with E-state index < -0.39 is 0 Å². The highest BCUT2D eigenvalue weighted by Gasteiger charge is 2.10. The van der Waals surface area contributed by atoms with Crippen molar-refractivity contribution in [3.8, 4) is 12.3 Å². The molecule has 1 nitrogen and oxygen atoms in total. The zero-order valence-corrected chi connectivity index (χ0v) is 11.6. The minimum absolute atomic E-state index is 0.00407. The number of halogens is 2. The molecule has 1 atom stereocenters. The van der Waals surface area contributed by atoms with Crippen molar-refractivity contribution >= 4 is 38.5 Å². The van der Waals surface area contributed by atoms with Crippen molar-refractivity contribution in [2.24, 2.45) is 0 Å². The topological polar surface area (TPSA) is 12.0 Å². The second-order valence-corrected chi connectivity index (χ2v) is 4.90. The van der Waals surface area contributed by atoms with Crippen LogP contribution in [0.15, 0.2) is 22.7 Å². The van der Waals surface area contributed by atoms with Crippen LogP contribution in [0.5, 0.6) is 0 Å². The zero-order chi connectivity index (χ0) is 10.6. The van der Waals surface area contributed by atoms with Gasteiger partial charge in [-0.15, -0.1) is 6.42 Å². The van der Waals surface area contributed by atoms with Gasteiger partial charge in [0.25, 0.3) is 0 Å². The third-order valence-corrected chi connectivity index (χ3v) is 3.32. The molecule has 0 aliphatic heterocycles. The number of hydrogen-bond acceptors (Lipinski definition) is 1. The summed E-state index contributed by atoms with van der Waals surface area (Å²) in [5.41, 5.74) is 1.16. The lowest BCUT2D eigenvalue weighted by Gasteiger charge is -2.13. The molecule has 0 saturated carbocycles. The third kappa shape index (κ3) is 2.97. The Morgan fingerprint density at radius 3 is 2.93 bits per heavy atom. The Labute approximate surface area is 107 Å². The zero-order valence-electron chi connectivity index (χ0n) is 7.85. The maximum atomic E-state index is 5.48. The van der Waals surface area contributed by atoms with Crippen LogP contribution in [-0.4, -0.2) is 6.54 Å². The van der Waals surface area contributed by atoms with E-state index in [0.29, 0.717) is 0 Å². The van der Waals surface area contributed by atoms with Crippen LogP contribution < -0.4 is 5.32 Å². The van der Waals surface area contributed by atoms with Crippen molar-refractivity contribution < 1.29 is 0 Å². The molecule has 0 aromatic heterocycles. The first-order valence-corrected chi connectivity index (χ1v) is 6.20. The first-order valence-electron chi connectivity index (χ1n) is 4.33. The molecule has 1 rings (SSSR count). The number of nitrogens with one attached hydrogen (secondary N) is 1. The van der Waals surface area contributed by atoms with Crippen LogP contribution >= 0.6 is 38.5 Å². The molecule has 1 aromatic carbocycles. The van der Waals surface area contributed by atoms with Gasteiger partial charge in [-0.25, -0.2) is 0 Å². The fourth-order valence-electron chi connectivity index (χ4n) is 1.20. The maximum Gasteiger partial charge on any atom is 0.0953 e. The highest BCUT2D eigenvalue weighted by molar-refractivity contribution is 14.1. The van der Waals surface area contributed by atoms with E-state index in [-0.39, 0.29) is 6.04 Å². The molecule has 0 aliphatic rings. The van der Waals surface area contributed by atoms with Crippen LogP contribution in [-0.2, 0) is 0 Å². The summed E-state index contributed by atoms with van der Waals surface area (Å²) in [6.07, 6.45) is 5.48. The Kier molecular flexibility index (Phi) is 4.93. The first-order chi connectivity index (χ1) is 6.69. The second kappa shape index (κ2) is 5.74. The van der Waals surface area contributed by atoms with Crippen molar-refractivity contribution in [1.29, 1.82) is 0 Å². The molecular formula is C11H11BrIN. The third-order valence-electron chi connectivity index (χ3n) is 1.84. The van der Waals surface area contributed by atoms with Crippen molar-refractivity contribution in [3.63, 3.8) is 0 Å². The molecule has 3 heteroatoms. The minimum Gasteiger partial charge on any atom is -0.300 e. The van der Waals surface area contributed by atoms with Gasteiger partial charge in [0.15, 0.2) is 0 Å². The predicted molar refractivity (Wildman–Crippen MR) is 72.1 cm³/mol. The lowest BCUT2D eigenvalue weighted by molar-refractivity contribution is 0.662. The van der Waals surface area contributed by atoms with Gasteiger partial charge in [-0.1, -0.05) is 28.8 Å². The Hall–Kier alpha value is -0.0500. The van der Waals surface area contributed by atoms with Crippen LogP contribution in [0.1, 0.15) is 18.5 Å². The van der Waals surface area contributed by atoms with E-state index in [4.69, 9.17) is 6.42 Å². The van der Waals surface area contributed by atoms with Gasteiger partial charge in [-0.05, 0) is 52.9 Å². The fourth-order valence-corrected chi connectivity index (χ4v) is 2.22. The van der Waals surface area contributed by atoms with Gasteiger partial charge in [0.2, 0.25) is 0 Å². The Morgan fingerprint density at radius 2 is 2.36 bits per heavy atom. The molecule has 0 bridgehead atoms. The van der Waals surface area contributed by atoms with Gasteiger partial charge in [-0.2, -0.15) is 0 Å². The molecule has 0 saturated heterocycles. The SMILES string of the molecule is C#CC(NCC)c1cc(Br)ccc1I. The predicted octanol–water partition coefficient (Wildman–Crippen LogP) is 3.34. The maximum absolute atomic E-state index is 5.48. The summed E-state index contributed by atoms with van der Waals surface area (Å²) >= 11 is 5.74. The van der Waals surface area contributed by atoms with Crippen molar-refractivity contribution in [2.45, 2.75) is 13.0 Å². The molecule has 0 radical (unpaired) electrons. The van der Waals surface area contributed by atoms with E-state index in [9.17, 15) is 0 Å². The number of benzene rings is 1. The number of hydrogen-bond donors (Lipinski definition) is 1. The molecule has 0 spiro atoms. The van der Waals surface area contributed by atoms with Crippen molar-refractivity contribution in [3.05, 3.63) is 31.8 Å². The quantitative estimate of drug-likeness (QED) is 0.641. The minimum atomic E-state index is 0.00407. The van der Waals surface area contributed by atoms with Crippen LogP contribution in [0.4, 0.5) is 0 Å². The lowest BCUT2D eigenvalue weighted by Crippen LogP contribution is -2.20. The van der Waals surface area contributed by atoms with E-state index in [1.807, 2.05) is 6.07 Å². The summed E-state index contributed by atoms with van der Waals surface area (Å²) in [5.74, 6) is 2.75. The fraction of sp³-hybridized carbons (Fsp3) is 0.273. The van der Waals surface area contributed by atoms with Gasteiger partial charge >= 0.3 is 0 Å². The highest BCUT2D eigenvalue weighted by Crippen LogP contribution is 2.23. The molecule has 1 unspecified atom stereocenters. The first kappa shape index (κ1) is 12.0. The summed E-state index contributed by atoms with van der Waals surface area (Å²) in [6, 6.07) is 6.14. The van der Waals surface area contributed by atoms with Crippen molar-refractivity contribution in [2.75, 3.05) is 6.54 Å². The van der Waals surface area contributed by atoms with Crippen LogP contribution in [0.25, 0.3) is 0 Å². The average molecular weight is 364 g/mol. The van der Waals surface area contributed by atoms with Crippen LogP contribution in [0, 0.1) is 15.9 Å². The van der Waals surface area contributed by atoms with Gasteiger partial charge in [0.1, 0.15) is 0 Å². The molecule has 1 aromatic rings. The Balaban J connectivity index is 3.03. The number of rotatable bonds is 3. The monoisotopic (exact) mass is 363 g/mol. The largest absolute Gasteiger partial charge is 0.300 e. The van der Waals surface area contributed by atoms with E-state index in [0.717, 1.165) is 16.6 Å². The van der Waals surface area contributed by atoms with E-state index in [1.54, 1.807) is 0 Å². The standard InChI is InChI=1S/C11H11BrIN/c1-3-11(14-4-2)9-7-8(12)5-6-10(9)13/h1,5-7,11,14H,4H2,2H3. The number of terminal acetylenes is 1. The second-order valence-electron chi connectivity index (χ2n) is 2.82. The van der Waals surface area contributed by atoms with E-state index >= 15 is 0 Å². The summed E-state index contributed by atoms with van der Waals surface area (Å²) in [6.45, 7) is 2.92. The summed E-state index contributed by atoms with van der Waals surface area (Å²) in [4.78, 5) is 0. The Bertz CT molecular complexity index is 357. The molecule has 0 fully saturated rings. The highest BCUT2D eigenvalue weighted by atomic mass is 127. The molecule has 74 valence electrons. The van der Waals surface area contributed by atoms with Gasteiger partial charge in [0, 0.05) is 8.04 Å². The van der Waals surface area contributed by atoms with Crippen molar-refractivity contribution in [1.82, 2.24) is 5.32 Å². The van der Waals surface area contributed by atoms with Gasteiger partial charge in [-0.3, -0.25) is 0 Å². The van der Waals surface area contributed by atoms with Gasteiger partial charge in [0.05, 0.1) is 6.04 Å². The molecule has 14 heavy (non-hydrogen) atoms. The van der Waals surface area contributed by atoms with Gasteiger partial charge < -0.3 is 5.32 Å². The normalized spacial score (nSPS) is 12.1. The molecule has 0 aliphatic carbocycles. The molecule has 0 heterocycles. The molecule has 0 amide bonds. The van der Waals surface area contributed by atoms with E-state index in [1.165, 1.54) is 3.57 Å².